The van der Waals surface area contributed by atoms with Gasteiger partial charge in [0, 0.05) is 49.0 Å². The van der Waals surface area contributed by atoms with Crippen LogP contribution < -0.4 is 5.56 Å². The van der Waals surface area contributed by atoms with Crippen molar-refractivity contribution in [2.75, 3.05) is 13.1 Å². The highest BCUT2D eigenvalue weighted by molar-refractivity contribution is 5.87. The van der Waals surface area contributed by atoms with Gasteiger partial charge < -0.3 is 14.5 Å². The van der Waals surface area contributed by atoms with Crippen molar-refractivity contribution in [3.63, 3.8) is 0 Å². The zero-order chi connectivity index (χ0) is 20.9. The number of hydrogen-bond acceptors (Lipinski definition) is 4. The van der Waals surface area contributed by atoms with E-state index >= 15 is 0 Å². The van der Waals surface area contributed by atoms with E-state index in [2.05, 4.69) is 20.2 Å². The Bertz CT molecular complexity index is 1340. The van der Waals surface area contributed by atoms with Gasteiger partial charge in [0.2, 0.25) is 5.91 Å². The van der Waals surface area contributed by atoms with E-state index in [1.54, 1.807) is 12.4 Å². The molecular weight excluding hydrogens is 392 g/mol. The van der Waals surface area contributed by atoms with Crippen LogP contribution in [0.15, 0.2) is 53.6 Å². The van der Waals surface area contributed by atoms with E-state index in [0.717, 1.165) is 28.7 Å². The van der Waals surface area contributed by atoms with E-state index in [-0.39, 0.29) is 23.3 Å². The highest BCUT2D eigenvalue weighted by Crippen LogP contribution is 2.36. The number of nitrogens with one attached hydrogen (secondary N) is 2. The van der Waals surface area contributed by atoms with Gasteiger partial charge in [-0.15, -0.1) is 0 Å². The number of hydrogen-bond donors (Lipinski definition) is 2. The molecule has 2 atom stereocenters. The molecule has 3 aromatic heterocycles. The Morgan fingerprint density at radius 1 is 1.13 bits per heavy atom. The van der Waals surface area contributed by atoms with Crippen molar-refractivity contribution < 1.29 is 4.79 Å². The molecule has 1 amide bonds. The molecule has 2 N–H and O–H groups in total. The van der Waals surface area contributed by atoms with Crippen LogP contribution >= 0.6 is 0 Å². The molecule has 6 rings (SSSR count). The lowest BCUT2D eigenvalue weighted by Crippen LogP contribution is -2.49. The van der Waals surface area contributed by atoms with Gasteiger partial charge in [0.25, 0.3) is 5.56 Å². The van der Waals surface area contributed by atoms with E-state index in [1.807, 2.05) is 45.9 Å². The lowest BCUT2D eigenvalue weighted by molar-refractivity contribution is -0.133. The maximum absolute atomic E-state index is 13.1. The zero-order valence-electron chi connectivity index (χ0n) is 16.9. The van der Waals surface area contributed by atoms with Crippen molar-refractivity contribution in [2.45, 2.75) is 25.3 Å². The second kappa shape index (κ2) is 6.94. The smallest absolute Gasteiger partial charge is 0.261 e. The molecule has 1 saturated heterocycles. The van der Waals surface area contributed by atoms with Gasteiger partial charge in [-0.1, -0.05) is 18.2 Å². The molecule has 1 aromatic carbocycles. The number of aromatic amines is 2. The molecule has 5 heterocycles. The fraction of sp³-hybridized carbons (Fsp3) is 0.304. The largest absolute Gasteiger partial charge is 0.344 e. The molecule has 0 spiro atoms. The quantitative estimate of drug-likeness (QED) is 0.537. The molecule has 8 heteroatoms. The molecule has 0 saturated carbocycles. The summed E-state index contributed by atoms with van der Waals surface area (Å²) < 4.78 is 1.89. The summed E-state index contributed by atoms with van der Waals surface area (Å²) in [5.74, 6) is 1.15. The summed E-state index contributed by atoms with van der Waals surface area (Å²) in [6.45, 7) is 1.95. The highest BCUT2D eigenvalue weighted by Gasteiger charge is 2.37. The molecule has 2 bridgehead atoms. The van der Waals surface area contributed by atoms with E-state index in [1.165, 1.54) is 0 Å². The maximum atomic E-state index is 13.1. The molecule has 1 fully saturated rings. The number of carbonyl (C=O) groups is 1. The minimum Gasteiger partial charge on any atom is -0.344 e. The summed E-state index contributed by atoms with van der Waals surface area (Å²) in [5.41, 5.74) is 3.33. The van der Waals surface area contributed by atoms with Crippen LogP contribution in [0.2, 0.25) is 0 Å². The van der Waals surface area contributed by atoms with Crippen LogP contribution in [-0.2, 0) is 17.8 Å². The maximum Gasteiger partial charge on any atom is 0.261 e. The number of rotatable bonds is 3. The Balaban J connectivity index is 1.26. The van der Waals surface area contributed by atoms with Crippen molar-refractivity contribution in [2.24, 2.45) is 5.92 Å². The average molecular weight is 414 g/mol. The molecule has 2 aliphatic rings. The minimum absolute atomic E-state index is 0.00847. The Labute approximate surface area is 177 Å². The van der Waals surface area contributed by atoms with E-state index in [4.69, 9.17) is 0 Å². The summed E-state index contributed by atoms with van der Waals surface area (Å²) >= 11 is 0. The Morgan fingerprint density at radius 2 is 2.03 bits per heavy atom. The lowest BCUT2D eigenvalue weighted by Gasteiger charge is -2.43. The zero-order valence-corrected chi connectivity index (χ0v) is 16.9. The third-order valence-corrected chi connectivity index (χ3v) is 6.58. The minimum atomic E-state index is -0.00847. The van der Waals surface area contributed by atoms with Crippen molar-refractivity contribution in [1.29, 1.82) is 0 Å². The average Bonchev–Trinajstić information content (AvgIpc) is 3.45. The molecule has 0 radical (unpaired) electrons. The van der Waals surface area contributed by atoms with Crippen molar-refractivity contribution in [1.82, 2.24) is 29.6 Å². The second-order valence-corrected chi connectivity index (χ2v) is 8.52. The Hall–Kier alpha value is -3.68. The number of fused-ring (bicyclic) bond motifs is 5. The number of H-pyrrole nitrogens is 2. The first-order valence-corrected chi connectivity index (χ1v) is 10.6. The van der Waals surface area contributed by atoms with Crippen LogP contribution in [0.4, 0.5) is 0 Å². The van der Waals surface area contributed by atoms with Gasteiger partial charge in [0.05, 0.1) is 23.2 Å². The number of nitrogens with zero attached hydrogens (tertiary/aromatic N) is 4. The molecule has 0 unspecified atom stereocenters. The van der Waals surface area contributed by atoms with Gasteiger partial charge in [-0.3, -0.25) is 14.7 Å². The van der Waals surface area contributed by atoms with Gasteiger partial charge in [-0.25, -0.2) is 4.98 Å². The summed E-state index contributed by atoms with van der Waals surface area (Å²) in [7, 11) is 0. The van der Waals surface area contributed by atoms with Crippen LogP contribution in [0.25, 0.3) is 22.3 Å². The number of piperidine rings is 1. The molecular formula is C23H22N6O2. The molecule has 31 heavy (non-hydrogen) atoms. The van der Waals surface area contributed by atoms with E-state index in [9.17, 15) is 9.59 Å². The first-order valence-electron chi connectivity index (χ1n) is 10.6. The van der Waals surface area contributed by atoms with Crippen LogP contribution in [-0.4, -0.2) is 48.6 Å². The van der Waals surface area contributed by atoms with Gasteiger partial charge in [0.1, 0.15) is 5.82 Å². The fourth-order valence-electron chi connectivity index (χ4n) is 5.15. The van der Waals surface area contributed by atoms with E-state index in [0.29, 0.717) is 37.4 Å². The van der Waals surface area contributed by atoms with Crippen LogP contribution in [0.5, 0.6) is 0 Å². The summed E-state index contributed by atoms with van der Waals surface area (Å²) in [5, 5.41) is 8.32. The number of para-hydroxylation sites is 1. The van der Waals surface area contributed by atoms with E-state index < -0.39 is 0 Å². The SMILES string of the molecule is O=C(Cc1[nH]nc2ccccc12)N1C[C@@H]2C[C@H](C1)c1ccc(-c3ncc[nH]3)c(=O)n1C2. The van der Waals surface area contributed by atoms with Gasteiger partial charge in [0.15, 0.2) is 0 Å². The Kier molecular flexibility index (Phi) is 4.05. The monoisotopic (exact) mass is 414 g/mol. The van der Waals surface area contributed by atoms with Crippen molar-refractivity contribution in [3.05, 3.63) is 70.5 Å². The summed E-state index contributed by atoms with van der Waals surface area (Å²) in [4.78, 5) is 35.4. The highest BCUT2D eigenvalue weighted by atomic mass is 16.2. The number of amides is 1. The third-order valence-electron chi connectivity index (χ3n) is 6.58. The number of carbonyl (C=O) groups excluding carboxylic acids is 1. The van der Waals surface area contributed by atoms with Gasteiger partial charge in [-0.2, -0.15) is 5.10 Å². The van der Waals surface area contributed by atoms with Crippen LogP contribution in [0.1, 0.15) is 23.7 Å². The number of pyridine rings is 1. The topological polar surface area (TPSA) is 99.7 Å². The second-order valence-electron chi connectivity index (χ2n) is 8.52. The lowest BCUT2D eigenvalue weighted by atomic mass is 9.82. The predicted molar refractivity (Wildman–Crippen MR) is 116 cm³/mol. The molecule has 2 aliphatic heterocycles. The number of imidazole rings is 1. The predicted octanol–water partition coefficient (Wildman–Crippen LogP) is 2.30. The summed E-state index contributed by atoms with van der Waals surface area (Å²) in [6, 6.07) is 11.7. The first kappa shape index (κ1) is 18.1. The standard InChI is InChI=1S/C23H22N6O2/c30-21(10-19-16-3-1-2-4-18(16)26-27-19)28-11-14-9-15(13-28)20-6-5-17(22-24-7-8-25-22)23(31)29(20)12-14/h1-8,14-15H,9-13H2,(H,24,25)(H,26,27)/t14-,15+/m0/s1. The number of benzene rings is 1. The summed E-state index contributed by atoms with van der Waals surface area (Å²) in [6.07, 6.45) is 4.69. The van der Waals surface area contributed by atoms with Crippen LogP contribution in [0.3, 0.4) is 0 Å². The third kappa shape index (κ3) is 2.98. The first-order chi connectivity index (χ1) is 15.2. The fourth-order valence-corrected chi connectivity index (χ4v) is 5.15. The Morgan fingerprint density at radius 3 is 2.90 bits per heavy atom. The van der Waals surface area contributed by atoms with Crippen LogP contribution in [0, 0.1) is 5.92 Å². The number of aromatic nitrogens is 5. The molecule has 8 nitrogen and oxygen atoms in total. The van der Waals surface area contributed by atoms with Gasteiger partial charge in [-0.05, 0) is 30.5 Å². The molecule has 156 valence electrons. The van der Waals surface area contributed by atoms with Crippen molar-refractivity contribution in [3.8, 4) is 11.4 Å². The normalized spacial score (nSPS) is 20.1. The number of likely N-dealkylation sites (tertiary alicyclic amines) is 1. The molecule has 0 aliphatic carbocycles. The molecule has 4 aromatic rings. The van der Waals surface area contributed by atoms with Gasteiger partial charge >= 0.3 is 0 Å². The van der Waals surface area contributed by atoms with Crippen molar-refractivity contribution >= 4 is 16.8 Å².